The van der Waals surface area contributed by atoms with Crippen LogP contribution in [0.15, 0.2) is 16.5 Å². The molecule has 0 amide bonds. The van der Waals surface area contributed by atoms with Gasteiger partial charge >= 0.3 is 0 Å². The predicted octanol–water partition coefficient (Wildman–Crippen LogP) is 0.669. The topological polar surface area (TPSA) is 64.4 Å². The minimum absolute atomic E-state index is 0.195. The first-order valence-corrected chi connectivity index (χ1v) is 4.59. The fourth-order valence-electron chi connectivity index (χ4n) is 0.953. The smallest absolute Gasteiger partial charge is 0.185 e. The Morgan fingerprint density at radius 1 is 1.64 bits per heavy atom. The summed E-state index contributed by atoms with van der Waals surface area (Å²) in [5, 5.41) is 2.83. The van der Waals surface area contributed by atoms with Gasteiger partial charge in [-0.3, -0.25) is 4.99 Å². The maximum atomic E-state index is 5.18. The molecular weight excluding hydrogens is 158 g/mol. The third kappa shape index (κ3) is 3.32. The summed E-state index contributed by atoms with van der Waals surface area (Å²) in [6.07, 6.45) is 4.41. The lowest BCUT2D eigenvalue weighted by Crippen LogP contribution is -2.23. The minimum atomic E-state index is 0.195. The monoisotopic (exact) mass is 171 g/mol. The Balaban J connectivity index is 2.08. The number of thioether (sulfide) groups is 1. The van der Waals surface area contributed by atoms with E-state index in [1.54, 1.807) is 0 Å². The van der Waals surface area contributed by atoms with Crippen molar-refractivity contribution in [2.75, 3.05) is 6.54 Å². The van der Waals surface area contributed by atoms with E-state index in [0.717, 1.165) is 19.4 Å². The molecule has 0 saturated heterocycles. The molecule has 0 fully saturated rings. The fraction of sp³-hybridized carbons (Fsp3) is 0.571. The molecule has 11 heavy (non-hydrogen) atoms. The van der Waals surface area contributed by atoms with Crippen LogP contribution in [-0.4, -0.2) is 17.8 Å². The van der Waals surface area contributed by atoms with Gasteiger partial charge in [-0.25, -0.2) is 0 Å². The van der Waals surface area contributed by atoms with Gasteiger partial charge in [0.25, 0.3) is 0 Å². The van der Waals surface area contributed by atoms with Gasteiger partial charge < -0.3 is 11.5 Å². The van der Waals surface area contributed by atoms with Crippen molar-refractivity contribution in [3.8, 4) is 0 Å². The molecule has 1 atom stereocenters. The second kappa shape index (κ2) is 4.28. The number of nitrogens with zero attached hydrogens (tertiary/aromatic N) is 1. The van der Waals surface area contributed by atoms with Crippen molar-refractivity contribution in [3.05, 3.63) is 11.5 Å². The summed E-state index contributed by atoms with van der Waals surface area (Å²) in [6, 6.07) is 0. The number of guanidine groups is 1. The molecule has 0 aromatic heterocycles. The molecule has 4 N–H and O–H groups in total. The summed E-state index contributed by atoms with van der Waals surface area (Å²) in [7, 11) is 0. The largest absolute Gasteiger partial charge is 0.370 e. The number of hydrogen-bond acceptors (Lipinski definition) is 2. The van der Waals surface area contributed by atoms with Crippen LogP contribution in [0.5, 0.6) is 0 Å². The molecule has 62 valence electrons. The second-order valence-corrected chi connectivity index (χ2v) is 3.67. The molecule has 0 aromatic carbocycles. The minimum Gasteiger partial charge on any atom is -0.370 e. The van der Waals surface area contributed by atoms with Crippen molar-refractivity contribution in [2.24, 2.45) is 16.5 Å². The van der Waals surface area contributed by atoms with Crippen LogP contribution >= 0.6 is 11.8 Å². The first kappa shape index (κ1) is 8.46. The van der Waals surface area contributed by atoms with Crippen LogP contribution in [-0.2, 0) is 0 Å². The maximum absolute atomic E-state index is 5.18. The highest BCUT2D eigenvalue weighted by molar-refractivity contribution is 8.03. The zero-order valence-electron chi connectivity index (χ0n) is 6.36. The van der Waals surface area contributed by atoms with Crippen molar-refractivity contribution >= 4 is 17.7 Å². The standard InChI is InChI=1S/C7H13N3S/c8-7(9)10-4-3-6-2-1-5-11-6/h1,5-6H,2-4H2,(H4,8,9,10). The Bertz CT molecular complexity index is 165. The molecule has 4 heteroatoms. The molecule has 0 saturated carbocycles. The highest BCUT2D eigenvalue weighted by Crippen LogP contribution is 2.26. The molecular formula is C7H13N3S. The summed E-state index contributed by atoms with van der Waals surface area (Å²) in [4.78, 5) is 3.92. The molecule has 1 rings (SSSR count). The quantitative estimate of drug-likeness (QED) is 0.484. The average Bonchev–Trinajstić information content (AvgIpc) is 2.39. The number of rotatable bonds is 3. The van der Waals surface area contributed by atoms with E-state index in [9.17, 15) is 0 Å². The van der Waals surface area contributed by atoms with Gasteiger partial charge in [-0.2, -0.15) is 0 Å². The third-order valence-electron chi connectivity index (χ3n) is 1.51. The van der Waals surface area contributed by atoms with Gasteiger partial charge in [0.1, 0.15) is 0 Å². The molecule has 1 aliphatic heterocycles. The summed E-state index contributed by atoms with van der Waals surface area (Å²) < 4.78 is 0. The van der Waals surface area contributed by atoms with E-state index in [2.05, 4.69) is 16.5 Å². The first-order chi connectivity index (χ1) is 5.29. The summed E-state index contributed by atoms with van der Waals surface area (Å²) in [6.45, 7) is 0.752. The molecule has 1 aliphatic rings. The molecule has 0 aromatic rings. The second-order valence-electron chi connectivity index (χ2n) is 2.46. The van der Waals surface area contributed by atoms with Gasteiger partial charge in [-0.1, -0.05) is 6.08 Å². The summed E-state index contributed by atoms with van der Waals surface area (Å²) in [5.74, 6) is 0.195. The van der Waals surface area contributed by atoms with Gasteiger partial charge in [0, 0.05) is 11.8 Å². The third-order valence-corrected chi connectivity index (χ3v) is 2.67. The van der Waals surface area contributed by atoms with Crippen molar-refractivity contribution < 1.29 is 0 Å². The lowest BCUT2D eigenvalue weighted by molar-refractivity contribution is 0.785. The van der Waals surface area contributed by atoms with E-state index in [4.69, 9.17) is 11.5 Å². The number of nitrogens with two attached hydrogens (primary N) is 2. The van der Waals surface area contributed by atoms with Crippen LogP contribution in [0.3, 0.4) is 0 Å². The molecule has 1 unspecified atom stereocenters. The molecule has 0 spiro atoms. The van der Waals surface area contributed by atoms with Crippen LogP contribution in [0.2, 0.25) is 0 Å². The molecule has 3 nitrogen and oxygen atoms in total. The van der Waals surface area contributed by atoms with Crippen molar-refractivity contribution in [2.45, 2.75) is 18.1 Å². The normalized spacial score (nSPS) is 22.0. The number of hydrogen-bond donors (Lipinski definition) is 2. The first-order valence-electron chi connectivity index (χ1n) is 3.65. The lowest BCUT2D eigenvalue weighted by atomic mass is 10.2. The Kier molecular flexibility index (Phi) is 3.29. The van der Waals surface area contributed by atoms with Gasteiger partial charge in [0.15, 0.2) is 5.96 Å². The SMILES string of the molecule is NC(N)=NCCC1CC=CS1. The molecule has 0 radical (unpaired) electrons. The zero-order valence-corrected chi connectivity index (χ0v) is 7.18. The Morgan fingerprint density at radius 3 is 3.00 bits per heavy atom. The van der Waals surface area contributed by atoms with E-state index >= 15 is 0 Å². The average molecular weight is 171 g/mol. The lowest BCUT2D eigenvalue weighted by Gasteiger charge is -2.04. The molecule has 1 heterocycles. The van der Waals surface area contributed by atoms with Gasteiger partial charge in [0.2, 0.25) is 0 Å². The van der Waals surface area contributed by atoms with E-state index < -0.39 is 0 Å². The van der Waals surface area contributed by atoms with Crippen LogP contribution < -0.4 is 11.5 Å². The molecule has 0 bridgehead atoms. The van der Waals surface area contributed by atoms with E-state index in [1.807, 2.05) is 11.8 Å². The molecule has 0 aliphatic carbocycles. The predicted molar refractivity (Wildman–Crippen MR) is 50.4 cm³/mol. The van der Waals surface area contributed by atoms with E-state index in [1.165, 1.54) is 0 Å². The van der Waals surface area contributed by atoms with Gasteiger partial charge in [0.05, 0.1) is 0 Å². The highest BCUT2D eigenvalue weighted by Gasteiger charge is 2.09. The van der Waals surface area contributed by atoms with Crippen molar-refractivity contribution in [3.63, 3.8) is 0 Å². The summed E-state index contributed by atoms with van der Waals surface area (Å²) >= 11 is 1.86. The van der Waals surface area contributed by atoms with E-state index in [-0.39, 0.29) is 5.96 Å². The van der Waals surface area contributed by atoms with Crippen LogP contribution in [0.25, 0.3) is 0 Å². The highest BCUT2D eigenvalue weighted by atomic mass is 32.2. The van der Waals surface area contributed by atoms with E-state index in [0.29, 0.717) is 5.25 Å². The Labute approximate surface area is 70.9 Å². The zero-order chi connectivity index (χ0) is 8.10. The fourth-order valence-corrected chi connectivity index (χ4v) is 1.86. The van der Waals surface area contributed by atoms with Gasteiger partial charge in [-0.15, -0.1) is 11.8 Å². The Morgan fingerprint density at radius 2 is 2.45 bits per heavy atom. The maximum Gasteiger partial charge on any atom is 0.185 e. The van der Waals surface area contributed by atoms with Crippen molar-refractivity contribution in [1.29, 1.82) is 0 Å². The van der Waals surface area contributed by atoms with Crippen LogP contribution in [0.1, 0.15) is 12.8 Å². The van der Waals surface area contributed by atoms with Crippen LogP contribution in [0.4, 0.5) is 0 Å². The Hall–Kier alpha value is -0.640. The summed E-state index contributed by atoms with van der Waals surface area (Å²) in [5.41, 5.74) is 10.4. The number of aliphatic imine (C=N–C) groups is 1. The number of allylic oxidation sites excluding steroid dienone is 1. The van der Waals surface area contributed by atoms with Crippen LogP contribution in [0, 0.1) is 0 Å². The van der Waals surface area contributed by atoms with Crippen molar-refractivity contribution in [1.82, 2.24) is 0 Å². The van der Waals surface area contributed by atoms with Gasteiger partial charge in [-0.05, 0) is 18.2 Å².